The average molecular weight is 627 g/mol. The molecule has 0 N–H and O–H groups in total. The van der Waals surface area contributed by atoms with Gasteiger partial charge >= 0.3 is 12.4 Å². The third kappa shape index (κ3) is 6.87. The number of carbonyl (C=O) groups is 1. The Kier molecular flexibility index (Phi) is 8.48. The number of oxime groups is 1. The fourth-order valence-corrected chi connectivity index (χ4v) is 5.43. The zero-order chi connectivity index (χ0) is 32.7. The third-order valence-corrected chi connectivity index (χ3v) is 7.63. The monoisotopic (exact) mass is 626 g/mol. The molecule has 0 saturated carbocycles. The van der Waals surface area contributed by atoms with Crippen LogP contribution in [0.3, 0.4) is 0 Å². The van der Waals surface area contributed by atoms with Gasteiger partial charge in [-0.15, -0.1) is 0 Å². The van der Waals surface area contributed by atoms with Crippen molar-refractivity contribution in [1.82, 2.24) is 4.98 Å². The summed E-state index contributed by atoms with van der Waals surface area (Å²) in [7, 11) is 1.40. The van der Waals surface area contributed by atoms with Crippen LogP contribution in [0.4, 0.5) is 26.3 Å². The molecule has 5 rings (SSSR count). The molecule has 5 nitrogen and oxygen atoms in total. The quantitative estimate of drug-likeness (QED) is 0.152. The molecule has 0 unspecified atom stereocenters. The van der Waals surface area contributed by atoms with E-state index in [1.165, 1.54) is 20.1 Å². The number of pyridine rings is 1. The molecule has 2 heterocycles. The number of aryl methyl sites for hydroxylation is 2. The Bertz CT molecular complexity index is 1810. The maximum atomic E-state index is 13.8. The second-order valence-electron chi connectivity index (χ2n) is 11.0. The van der Waals surface area contributed by atoms with Crippen LogP contribution in [0.1, 0.15) is 63.2 Å². The first kappa shape index (κ1) is 31.7. The van der Waals surface area contributed by atoms with E-state index in [2.05, 4.69) is 10.1 Å². The highest BCUT2D eigenvalue weighted by molar-refractivity contribution is 5.95. The Morgan fingerprint density at radius 2 is 1.60 bits per heavy atom. The predicted octanol–water partition coefficient (Wildman–Crippen LogP) is 9.34. The normalized spacial score (nSPS) is 15.1. The zero-order valence-corrected chi connectivity index (χ0v) is 24.7. The van der Waals surface area contributed by atoms with Crippen LogP contribution in [0.15, 0.2) is 72.0 Å². The molecule has 1 aromatic heterocycles. The molecule has 1 aliphatic rings. The number of hydrogen-bond acceptors (Lipinski definition) is 5. The van der Waals surface area contributed by atoms with Gasteiger partial charge in [-0.1, -0.05) is 35.0 Å². The highest BCUT2D eigenvalue weighted by atomic mass is 19.4. The van der Waals surface area contributed by atoms with Gasteiger partial charge in [0.1, 0.15) is 0 Å². The maximum Gasteiger partial charge on any atom is 0.416 e. The number of halogens is 6. The molecule has 0 fully saturated rings. The van der Waals surface area contributed by atoms with E-state index in [0.717, 1.165) is 35.4 Å². The summed E-state index contributed by atoms with van der Waals surface area (Å²) in [5.74, 6) is 0.0940. The minimum atomic E-state index is -4.63. The molecule has 3 aromatic carbocycles. The van der Waals surface area contributed by atoms with Crippen molar-refractivity contribution in [2.24, 2.45) is 5.16 Å². The largest absolute Gasteiger partial charge is 0.481 e. The maximum absolute atomic E-state index is 13.8. The number of aromatic nitrogens is 1. The van der Waals surface area contributed by atoms with Gasteiger partial charge in [-0.05, 0) is 85.0 Å². The Balaban J connectivity index is 1.53. The summed E-state index contributed by atoms with van der Waals surface area (Å²) in [6, 6.07) is 13.9. The molecule has 4 aromatic rings. The molecule has 0 saturated heterocycles. The average Bonchev–Trinajstić information content (AvgIpc) is 3.44. The minimum absolute atomic E-state index is 0.0621. The first-order valence-corrected chi connectivity index (χ1v) is 13.9. The van der Waals surface area contributed by atoms with Crippen molar-refractivity contribution in [2.75, 3.05) is 7.11 Å². The SMILES string of the molecule is COc1ncc(-c2ccc(C(C)=O)cc2C)cc1-c1ccc(C(F)(F)F)cc1CC1=NO[C@H](c2cc(C)cc(C(F)(F)F)c2)C1. The van der Waals surface area contributed by atoms with Crippen molar-refractivity contribution >= 4 is 11.5 Å². The number of Topliss-reactive ketones (excluding diaryl/α,β-unsaturated/α-hetero) is 1. The standard InChI is InChI=1S/C34H28F6N2O3/c1-18-9-23(13-26(10-18)34(38,39)40)31-16-27(42-45-31)14-22-12-25(33(35,36)37)6-8-29(22)30-15-24(17-41-32(30)44-4)28-7-5-21(20(3)43)11-19(28)2/h5-13,15,17,31H,14,16H2,1-4H3/t31-/m0/s1. The first-order chi connectivity index (χ1) is 21.1. The molecule has 0 radical (unpaired) electrons. The summed E-state index contributed by atoms with van der Waals surface area (Å²) in [6.07, 6.45) is -8.39. The number of rotatable bonds is 7. The van der Waals surface area contributed by atoms with Crippen LogP contribution >= 0.6 is 0 Å². The molecule has 0 bridgehead atoms. The first-order valence-electron chi connectivity index (χ1n) is 13.9. The number of nitrogens with zero attached hydrogens (tertiary/aromatic N) is 2. The fraction of sp³-hybridized carbons (Fsp3) is 0.265. The lowest BCUT2D eigenvalue weighted by Crippen LogP contribution is -2.10. The van der Waals surface area contributed by atoms with Crippen molar-refractivity contribution in [3.63, 3.8) is 0 Å². The number of hydrogen-bond donors (Lipinski definition) is 0. The molecule has 1 atom stereocenters. The highest BCUT2D eigenvalue weighted by Crippen LogP contribution is 2.40. The van der Waals surface area contributed by atoms with Gasteiger partial charge in [-0.25, -0.2) is 4.98 Å². The third-order valence-electron chi connectivity index (χ3n) is 7.63. The molecule has 1 aliphatic heterocycles. The highest BCUT2D eigenvalue weighted by Gasteiger charge is 2.34. The number of methoxy groups -OCH3 is 1. The van der Waals surface area contributed by atoms with Gasteiger partial charge in [-0.2, -0.15) is 26.3 Å². The lowest BCUT2D eigenvalue weighted by atomic mass is 9.90. The molecule has 45 heavy (non-hydrogen) atoms. The van der Waals surface area contributed by atoms with Gasteiger partial charge in [0.25, 0.3) is 0 Å². The Hall–Kier alpha value is -4.67. The summed E-state index contributed by atoms with van der Waals surface area (Å²) in [6.45, 7) is 4.85. The van der Waals surface area contributed by atoms with Crippen LogP contribution in [0.5, 0.6) is 5.88 Å². The smallest absolute Gasteiger partial charge is 0.416 e. The molecule has 0 amide bonds. The van der Waals surface area contributed by atoms with Crippen LogP contribution in [-0.4, -0.2) is 23.6 Å². The Morgan fingerprint density at radius 3 is 2.24 bits per heavy atom. The Morgan fingerprint density at radius 1 is 0.889 bits per heavy atom. The van der Waals surface area contributed by atoms with Gasteiger partial charge in [0, 0.05) is 35.7 Å². The zero-order valence-electron chi connectivity index (χ0n) is 24.7. The number of benzene rings is 3. The minimum Gasteiger partial charge on any atom is -0.481 e. The van der Waals surface area contributed by atoms with E-state index in [1.807, 2.05) is 6.92 Å². The van der Waals surface area contributed by atoms with Gasteiger partial charge in [0.15, 0.2) is 11.9 Å². The van der Waals surface area contributed by atoms with Crippen molar-refractivity contribution in [3.05, 3.63) is 106 Å². The summed E-state index contributed by atoms with van der Waals surface area (Å²) in [4.78, 5) is 21.8. The number of alkyl halides is 6. The summed E-state index contributed by atoms with van der Waals surface area (Å²) >= 11 is 0. The van der Waals surface area contributed by atoms with Crippen LogP contribution in [-0.2, 0) is 23.6 Å². The topological polar surface area (TPSA) is 60.8 Å². The summed E-state index contributed by atoms with van der Waals surface area (Å²) in [5, 5.41) is 4.06. The number of carbonyl (C=O) groups excluding carboxylic acids is 1. The second-order valence-corrected chi connectivity index (χ2v) is 11.0. The van der Waals surface area contributed by atoms with Gasteiger partial charge < -0.3 is 9.57 Å². The number of ether oxygens (including phenoxy) is 1. The van der Waals surface area contributed by atoms with Gasteiger partial charge in [-0.3, -0.25) is 4.79 Å². The molecular weight excluding hydrogens is 598 g/mol. The predicted molar refractivity (Wildman–Crippen MR) is 157 cm³/mol. The summed E-state index contributed by atoms with van der Waals surface area (Å²) < 4.78 is 87.2. The second kappa shape index (κ2) is 12.0. The van der Waals surface area contributed by atoms with Crippen molar-refractivity contribution in [1.29, 1.82) is 0 Å². The molecule has 234 valence electrons. The van der Waals surface area contributed by atoms with E-state index in [0.29, 0.717) is 33.5 Å². The van der Waals surface area contributed by atoms with Gasteiger partial charge in [0.05, 0.1) is 23.9 Å². The lowest BCUT2D eigenvalue weighted by Gasteiger charge is -2.17. The van der Waals surface area contributed by atoms with E-state index in [-0.39, 0.29) is 35.6 Å². The van der Waals surface area contributed by atoms with Crippen LogP contribution in [0, 0.1) is 13.8 Å². The van der Waals surface area contributed by atoms with Crippen molar-refractivity contribution in [3.8, 4) is 28.1 Å². The number of ketones is 1. The van der Waals surface area contributed by atoms with Crippen molar-refractivity contribution < 1.29 is 40.7 Å². The summed E-state index contributed by atoms with van der Waals surface area (Å²) in [5.41, 5.74) is 3.23. The van der Waals surface area contributed by atoms with E-state index >= 15 is 0 Å². The molecule has 0 aliphatic carbocycles. The van der Waals surface area contributed by atoms with Crippen LogP contribution < -0.4 is 4.74 Å². The molecular formula is C34H28F6N2O3. The molecule has 0 spiro atoms. The lowest BCUT2D eigenvalue weighted by molar-refractivity contribution is -0.138. The van der Waals surface area contributed by atoms with Crippen molar-refractivity contribution in [2.45, 2.75) is 52.1 Å². The van der Waals surface area contributed by atoms with Crippen LogP contribution in [0.25, 0.3) is 22.3 Å². The van der Waals surface area contributed by atoms with E-state index in [4.69, 9.17) is 9.57 Å². The van der Waals surface area contributed by atoms with E-state index < -0.39 is 29.6 Å². The van der Waals surface area contributed by atoms with E-state index in [1.54, 1.807) is 43.5 Å². The van der Waals surface area contributed by atoms with E-state index in [9.17, 15) is 31.1 Å². The fourth-order valence-electron chi connectivity index (χ4n) is 5.43. The Labute approximate surface area is 255 Å². The molecule has 11 heteroatoms. The van der Waals surface area contributed by atoms with Crippen LogP contribution in [0.2, 0.25) is 0 Å². The van der Waals surface area contributed by atoms with Gasteiger partial charge in [0.2, 0.25) is 5.88 Å².